The molecule has 2 heterocycles. The van der Waals surface area contributed by atoms with Crippen LogP contribution < -0.4 is 0 Å². The normalized spacial score (nSPS) is 11.9. The summed E-state index contributed by atoms with van der Waals surface area (Å²) >= 11 is 0. The van der Waals surface area contributed by atoms with Crippen LogP contribution >= 0.6 is 0 Å². The van der Waals surface area contributed by atoms with Gasteiger partial charge in [-0.25, -0.2) is 0 Å². The quantitative estimate of drug-likeness (QED) is 0.195. The zero-order valence-electron chi connectivity index (χ0n) is 25.1. The SMILES string of the molecule is c1ccc(-c2ccc(-n3c4cc5ccccc5cc4c4c5c6ccccc6n(-c6ccc7ccccc7c6)c5ccc43)cc2)cc1. The van der Waals surface area contributed by atoms with Crippen LogP contribution in [0, 0.1) is 0 Å². The largest absolute Gasteiger partial charge is 0.309 e. The second-order valence-electron chi connectivity index (χ2n) is 12.2. The number of aromatic nitrogens is 2. The van der Waals surface area contributed by atoms with Crippen LogP contribution in [0.25, 0.3) is 87.7 Å². The Labute approximate surface area is 266 Å². The van der Waals surface area contributed by atoms with E-state index in [2.05, 4.69) is 179 Å². The highest BCUT2D eigenvalue weighted by atomic mass is 15.0. The molecule has 0 amide bonds. The van der Waals surface area contributed by atoms with Crippen molar-refractivity contribution in [1.82, 2.24) is 9.13 Å². The first-order valence-corrected chi connectivity index (χ1v) is 15.9. The Bertz CT molecular complexity index is 2780. The second-order valence-corrected chi connectivity index (χ2v) is 12.2. The van der Waals surface area contributed by atoms with Crippen LogP contribution in [-0.2, 0) is 0 Å². The molecular formula is C44H28N2. The van der Waals surface area contributed by atoms with Crippen LogP contribution in [0.4, 0.5) is 0 Å². The molecule has 214 valence electrons. The van der Waals surface area contributed by atoms with E-state index in [1.807, 2.05) is 0 Å². The lowest BCUT2D eigenvalue weighted by Gasteiger charge is -2.11. The molecule has 0 N–H and O–H groups in total. The monoisotopic (exact) mass is 584 g/mol. The number of hydrogen-bond acceptors (Lipinski definition) is 0. The predicted molar refractivity (Wildman–Crippen MR) is 196 cm³/mol. The summed E-state index contributed by atoms with van der Waals surface area (Å²) < 4.78 is 4.89. The van der Waals surface area contributed by atoms with Crippen molar-refractivity contribution in [3.05, 3.63) is 170 Å². The predicted octanol–water partition coefficient (Wildman–Crippen LogP) is 11.9. The van der Waals surface area contributed by atoms with Gasteiger partial charge in [-0.1, -0.05) is 115 Å². The summed E-state index contributed by atoms with van der Waals surface area (Å²) in [6.07, 6.45) is 0. The van der Waals surface area contributed by atoms with Crippen LogP contribution in [0.3, 0.4) is 0 Å². The van der Waals surface area contributed by atoms with Crippen molar-refractivity contribution in [2.45, 2.75) is 0 Å². The zero-order valence-corrected chi connectivity index (χ0v) is 25.1. The lowest BCUT2D eigenvalue weighted by atomic mass is 10.0. The molecule has 2 aromatic heterocycles. The Balaban J connectivity index is 1.32. The third kappa shape index (κ3) is 3.65. The summed E-state index contributed by atoms with van der Waals surface area (Å²) in [7, 11) is 0. The van der Waals surface area contributed by atoms with Gasteiger partial charge in [-0.3, -0.25) is 0 Å². The van der Waals surface area contributed by atoms with E-state index in [1.165, 1.54) is 82.0 Å². The average Bonchev–Trinajstić information content (AvgIpc) is 3.63. The van der Waals surface area contributed by atoms with E-state index in [0.29, 0.717) is 0 Å². The van der Waals surface area contributed by atoms with Crippen molar-refractivity contribution in [2.75, 3.05) is 0 Å². The molecule has 0 radical (unpaired) electrons. The van der Waals surface area contributed by atoms with Gasteiger partial charge in [0.2, 0.25) is 0 Å². The summed E-state index contributed by atoms with van der Waals surface area (Å²) in [5.74, 6) is 0. The Kier molecular flexibility index (Phi) is 5.31. The molecule has 0 bridgehead atoms. The van der Waals surface area contributed by atoms with Crippen molar-refractivity contribution >= 4 is 65.2 Å². The molecule has 0 atom stereocenters. The molecule has 10 aromatic rings. The summed E-state index contributed by atoms with van der Waals surface area (Å²) in [6.45, 7) is 0. The smallest absolute Gasteiger partial charge is 0.0548 e. The molecule has 8 aromatic carbocycles. The topological polar surface area (TPSA) is 9.86 Å². The molecule has 2 nitrogen and oxygen atoms in total. The summed E-state index contributed by atoms with van der Waals surface area (Å²) in [6, 6.07) is 62.0. The first-order valence-electron chi connectivity index (χ1n) is 15.9. The van der Waals surface area contributed by atoms with Crippen molar-refractivity contribution in [1.29, 1.82) is 0 Å². The maximum atomic E-state index is 2.45. The van der Waals surface area contributed by atoms with Gasteiger partial charge in [0.1, 0.15) is 0 Å². The number of rotatable bonds is 3. The molecule has 0 saturated heterocycles. The number of nitrogens with zero attached hydrogens (tertiary/aromatic N) is 2. The van der Waals surface area contributed by atoms with Crippen LogP contribution in [0.15, 0.2) is 170 Å². The van der Waals surface area contributed by atoms with Crippen molar-refractivity contribution < 1.29 is 0 Å². The van der Waals surface area contributed by atoms with Gasteiger partial charge in [0.25, 0.3) is 0 Å². The maximum absolute atomic E-state index is 2.45. The van der Waals surface area contributed by atoms with E-state index in [0.717, 1.165) is 5.69 Å². The standard InChI is InChI=1S/C44H28N2/c1-2-10-29(11-3-1)31-18-21-35(22-19-31)45-41-25-24-40-43(44(41)38-27-33-14-6-7-15-34(33)28-42(38)45)37-16-8-9-17-39(37)46(40)36-23-20-30-12-4-5-13-32(30)26-36/h1-28H. The molecule has 0 spiro atoms. The molecule has 0 aliphatic rings. The number of benzene rings is 8. The van der Waals surface area contributed by atoms with Gasteiger partial charge in [0.15, 0.2) is 0 Å². The van der Waals surface area contributed by atoms with Gasteiger partial charge in [-0.15, -0.1) is 0 Å². The molecule has 0 fully saturated rings. The summed E-state index contributed by atoms with van der Waals surface area (Å²) in [5.41, 5.74) is 9.65. The van der Waals surface area contributed by atoms with E-state index in [4.69, 9.17) is 0 Å². The molecular weight excluding hydrogens is 556 g/mol. The fraction of sp³-hybridized carbons (Fsp3) is 0. The molecule has 0 aliphatic heterocycles. The van der Waals surface area contributed by atoms with Crippen LogP contribution in [0.5, 0.6) is 0 Å². The zero-order chi connectivity index (χ0) is 30.2. The lowest BCUT2D eigenvalue weighted by Crippen LogP contribution is -1.95. The van der Waals surface area contributed by atoms with Crippen LogP contribution in [0.2, 0.25) is 0 Å². The molecule has 2 heteroatoms. The summed E-state index contributed by atoms with van der Waals surface area (Å²) in [4.78, 5) is 0. The highest BCUT2D eigenvalue weighted by molar-refractivity contribution is 6.30. The minimum atomic E-state index is 1.16. The number of hydrogen-bond donors (Lipinski definition) is 0. The van der Waals surface area contributed by atoms with Gasteiger partial charge in [-0.2, -0.15) is 0 Å². The first-order chi connectivity index (χ1) is 22.8. The Hall–Kier alpha value is -6.12. The third-order valence-corrected chi connectivity index (χ3v) is 9.66. The molecule has 0 unspecified atom stereocenters. The highest BCUT2D eigenvalue weighted by Gasteiger charge is 2.21. The molecule has 0 aliphatic carbocycles. The number of para-hydroxylation sites is 1. The number of fused-ring (bicyclic) bond motifs is 9. The van der Waals surface area contributed by atoms with E-state index >= 15 is 0 Å². The van der Waals surface area contributed by atoms with E-state index < -0.39 is 0 Å². The van der Waals surface area contributed by atoms with E-state index in [-0.39, 0.29) is 0 Å². The van der Waals surface area contributed by atoms with Crippen LogP contribution in [-0.4, -0.2) is 9.13 Å². The van der Waals surface area contributed by atoms with Crippen molar-refractivity contribution in [2.24, 2.45) is 0 Å². The molecule has 0 saturated carbocycles. The van der Waals surface area contributed by atoms with E-state index in [1.54, 1.807) is 0 Å². The maximum Gasteiger partial charge on any atom is 0.0548 e. The fourth-order valence-electron chi connectivity index (χ4n) is 7.56. The van der Waals surface area contributed by atoms with Crippen LogP contribution in [0.1, 0.15) is 0 Å². The van der Waals surface area contributed by atoms with Gasteiger partial charge >= 0.3 is 0 Å². The first kappa shape index (κ1) is 25.2. The molecule has 46 heavy (non-hydrogen) atoms. The minimum absolute atomic E-state index is 1.16. The van der Waals surface area contributed by atoms with E-state index in [9.17, 15) is 0 Å². The van der Waals surface area contributed by atoms with Gasteiger partial charge < -0.3 is 9.13 Å². The molecule has 10 rings (SSSR count). The summed E-state index contributed by atoms with van der Waals surface area (Å²) in [5, 5.41) is 10.1. The average molecular weight is 585 g/mol. The Morgan fingerprint density at radius 3 is 1.59 bits per heavy atom. The Morgan fingerprint density at radius 2 is 0.826 bits per heavy atom. The highest BCUT2D eigenvalue weighted by Crippen LogP contribution is 2.43. The van der Waals surface area contributed by atoms with Crippen molar-refractivity contribution in [3.63, 3.8) is 0 Å². The lowest BCUT2D eigenvalue weighted by molar-refractivity contribution is 1.17. The van der Waals surface area contributed by atoms with Crippen molar-refractivity contribution in [3.8, 4) is 22.5 Å². The Morgan fingerprint density at radius 1 is 0.283 bits per heavy atom. The van der Waals surface area contributed by atoms with Gasteiger partial charge in [0, 0.05) is 32.9 Å². The second kappa shape index (κ2) is 9.69. The van der Waals surface area contributed by atoms with Gasteiger partial charge in [0.05, 0.1) is 22.1 Å². The third-order valence-electron chi connectivity index (χ3n) is 9.66. The fourth-order valence-corrected chi connectivity index (χ4v) is 7.56. The minimum Gasteiger partial charge on any atom is -0.309 e. The van der Waals surface area contributed by atoms with Gasteiger partial charge in [-0.05, 0) is 87.3 Å².